The number of anilines is 1. The van der Waals surface area contributed by atoms with E-state index in [9.17, 15) is 14.4 Å². The molecule has 0 aromatic heterocycles. The van der Waals surface area contributed by atoms with Crippen molar-refractivity contribution < 1.29 is 19.1 Å². The van der Waals surface area contributed by atoms with Gasteiger partial charge in [-0.2, -0.15) is 0 Å². The van der Waals surface area contributed by atoms with Crippen molar-refractivity contribution in [1.29, 1.82) is 0 Å². The third-order valence-corrected chi connectivity index (χ3v) is 6.19. The number of carbonyl (C=O) groups excluding carboxylic acids is 3. The van der Waals surface area contributed by atoms with Gasteiger partial charge in [0.25, 0.3) is 11.1 Å². The van der Waals surface area contributed by atoms with Crippen molar-refractivity contribution in [3.05, 3.63) is 39.8 Å². The van der Waals surface area contributed by atoms with Crippen LogP contribution in [-0.2, 0) is 14.3 Å². The van der Waals surface area contributed by atoms with Crippen molar-refractivity contribution >= 4 is 46.2 Å². The first-order valence-electron chi connectivity index (χ1n) is 8.95. The van der Waals surface area contributed by atoms with Crippen LogP contribution in [0.4, 0.5) is 10.5 Å². The molecule has 0 spiro atoms. The van der Waals surface area contributed by atoms with Gasteiger partial charge >= 0.3 is 5.97 Å². The summed E-state index contributed by atoms with van der Waals surface area (Å²) in [6.45, 7) is 8.03. The molecular formula is C21H24N2O4S. The topological polar surface area (TPSA) is 66.9 Å². The maximum absolute atomic E-state index is 12.6. The number of benzene rings is 1. The molecular weight excluding hydrogens is 376 g/mol. The smallest absolute Gasteiger partial charge is 0.325 e. The summed E-state index contributed by atoms with van der Waals surface area (Å²) in [6, 6.07) is 4.16. The van der Waals surface area contributed by atoms with Crippen molar-refractivity contribution in [2.24, 2.45) is 0 Å². The molecule has 1 aromatic carbocycles. The maximum Gasteiger partial charge on any atom is 0.325 e. The Labute approximate surface area is 169 Å². The number of amides is 2. The summed E-state index contributed by atoms with van der Waals surface area (Å²) in [5, 5.41) is -0.463. The number of methoxy groups -OCH3 is 1. The predicted octanol–water partition coefficient (Wildman–Crippen LogP) is 3.84. The summed E-state index contributed by atoms with van der Waals surface area (Å²) in [4.78, 5) is 39.6. The van der Waals surface area contributed by atoms with Crippen molar-refractivity contribution in [1.82, 2.24) is 4.90 Å². The van der Waals surface area contributed by atoms with Gasteiger partial charge in [-0.05, 0) is 74.4 Å². The number of hydrogen-bond donors (Lipinski definition) is 0. The lowest BCUT2D eigenvalue weighted by Crippen LogP contribution is -2.42. The zero-order valence-corrected chi connectivity index (χ0v) is 17.8. The zero-order valence-electron chi connectivity index (χ0n) is 17.0. The van der Waals surface area contributed by atoms with Crippen LogP contribution in [0.1, 0.15) is 37.5 Å². The number of thioether (sulfide) groups is 1. The molecule has 1 aromatic rings. The Morgan fingerprint density at radius 3 is 2.57 bits per heavy atom. The van der Waals surface area contributed by atoms with Gasteiger partial charge in [0.05, 0.1) is 17.6 Å². The van der Waals surface area contributed by atoms with Gasteiger partial charge < -0.3 is 9.64 Å². The lowest BCUT2D eigenvalue weighted by Gasteiger charge is -2.41. The fourth-order valence-electron chi connectivity index (χ4n) is 3.44. The second-order valence-corrected chi connectivity index (χ2v) is 8.60. The Morgan fingerprint density at radius 1 is 1.25 bits per heavy atom. The van der Waals surface area contributed by atoms with E-state index < -0.39 is 17.1 Å². The molecule has 2 aliphatic heterocycles. The van der Waals surface area contributed by atoms with E-state index >= 15 is 0 Å². The number of aryl methyl sites for hydroxylation is 1. The Balaban J connectivity index is 1.98. The standard InChI is InChI=1S/C21H24N2O4S/c1-12-7-16-15(13(2)10-21(3,4)22(16)5)8-14(12)9-17-19(25)23(20(26)28-17)11-18(24)27-6/h7-10H,11H2,1-6H3/b17-9+. The number of nitrogens with zero attached hydrogens (tertiary/aromatic N) is 2. The highest BCUT2D eigenvalue weighted by Crippen LogP contribution is 2.40. The quantitative estimate of drug-likeness (QED) is 0.567. The molecule has 1 fully saturated rings. The third kappa shape index (κ3) is 3.46. The van der Waals surface area contributed by atoms with Gasteiger partial charge in [-0.15, -0.1) is 0 Å². The SMILES string of the molecule is COC(=O)CN1C(=O)S/C(=C/c2cc3c(cc2C)N(C)C(C)(C)C=C3C)C1=O. The van der Waals surface area contributed by atoms with E-state index in [1.165, 1.54) is 12.7 Å². The Hall–Kier alpha value is -2.54. The number of fused-ring (bicyclic) bond motifs is 1. The van der Waals surface area contributed by atoms with E-state index in [1.807, 2.05) is 6.92 Å². The molecule has 0 unspecified atom stereocenters. The fraction of sp³-hybridized carbons (Fsp3) is 0.381. The lowest BCUT2D eigenvalue weighted by molar-refractivity contribution is -0.143. The van der Waals surface area contributed by atoms with Crippen molar-refractivity contribution in [2.75, 3.05) is 25.6 Å². The monoisotopic (exact) mass is 400 g/mol. The van der Waals surface area contributed by atoms with Crippen LogP contribution < -0.4 is 4.90 Å². The normalized spacial score (nSPS) is 19.8. The number of imide groups is 1. The number of ether oxygens (including phenoxy) is 1. The highest BCUT2D eigenvalue weighted by molar-refractivity contribution is 8.18. The van der Waals surface area contributed by atoms with Crippen LogP contribution in [0.15, 0.2) is 23.1 Å². The molecule has 0 radical (unpaired) electrons. The van der Waals surface area contributed by atoms with Crippen LogP contribution in [0.25, 0.3) is 11.6 Å². The van der Waals surface area contributed by atoms with Crippen LogP contribution in [0.5, 0.6) is 0 Å². The van der Waals surface area contributed by atoms with E-state index in [0.717, 1.165) is 39.0 Å². The van der Waals surface area contributed by atoms with Crippen molar-refractivity contribution in [3.63, 3.8) is 0 Å². The van der Waals surface area contributed by atoms with Crippen LogP contribution in [0, 0.1) is 6.92 Å². The van der Waals surface area contributed by atoms with E-state index in [2.05, 4.69) is 55.7 Å². The summed E-state index contributed by atoms with van der Waals surface area (Å²) in [7, 11) is 3.29. The van der Waals surface area contributed by atoms with Gasteiger partial charge in [-0.3, -0.25) is 19.3 Å². The second kappa shape index (κ2) is 7.13. The number of allylic oxidation sites excluding steroid dienone is 1. The molecule has 1 saturated heterocycles. The van der Waals surface area contributed by atoms with E-state index in [1.54, 1.807) is 6.08 Å². The van der Waals surface area contributed by atoms with Crippen LogP contribution in [0.3, 0.4) is 0 Å². The number of rotatable bonds is 3. The molecule has 6 nitrogen and oxygen atoms in total. The molecule has 2 heterocycles. The largest absolute Gasteiger partial charge is 0.468 e. The average Bonchev–Trinajstić information content (AvgIpc) is 2.88. The van der Waals surface area contributed by atoms with E-state index in [-0.39, 0.29) is 12.1 Å². The van der Waals surface area contributed by atoms with Gasteiger partial charge in [0, 0.05) is 18.3 Å². The molecule has 2 amide bonds. The first-order chi connectivity index (χ1) is 13.0. The Kier molecular flexibility index (Phi) is 5.14. The highest BCUT2D eigenvalue weighted by Gasteiger charge is 2.37. The third-order valence-electron chi connectivity index (χ3n) is 5.28. The maximum atomic E-state index is 12.6. The van der Waals surface area contributed by atoms with E-state index in [0.29, 0.717) is 4.91 Å². The van der Waals surface area contributed by atoms with Crippen molar-refractivity contribution in [3.8, 4) is 0 Å². The fourth-order valence-corrected chi connectivity index (χ4v) is 4.27. The molecule has 0 bridgehead atoms. The molecule has 0 saturated carbocycles. The van der Waals surface area contributed by atoms with Crippen LogP contribution in [0.2, 0.25) is 0 Å². The number of esters is 1. The molecule has 28 heavy (non-hydrogen) atoms. The van der Waals surface area contributed by atoms with Crippen molar-refractivity contribution in [2.45, 2.75) is 33.2 Å². The van der Waals surface area contributed by atoms with Gasteiger partial charge in [0.2, 0.25) is 0 Å². The Bertz CT molecular complexity index is 946. The Morgan fingerprint density at radius 2 is 1.93 bits per heavy atom. The van der Waals surface area contributed by atoms with Gasteiger partial charge in [-0.1, -0.05) is 6.08 Å². The summed E-state index contributed by atoms with van der Waals surface area (Å²) < 4.78 is 4.56. The van der Waals surface area contributed by atoms with Gasteiger partial charge in [-0.25, -0.2) is 0 Å². The van der Waals surface area contributed by atoms with Gasteiger partial charge in [0.1, 0.15) is 6.54 Å². The molecule has 0 aliphatic carbocycles. The predicted molar refractivity (Wildman–Crippen MR) is 112 cm³/mol. The second-order valence-electron chi connectivity index (χ2n) is 7.61. The van der Waals surface area contributed by atoms with E-state index in [4.69, 9.17) is 0 Å². The minimum Gasteiger partial charge on any atom is -0.468 e. The molecule has 7 heteroatoms. The first kappa shape index (κ1) is 20.2. The van der Waals surface area contributed by atoms with Crippen LogP contribution in [-0.4, -0.2) is 48.3 Å². The van der Waals surface area contributed by atoms with Gasteiger partial charge in [0.15, 0.2) is 0 Å². The minimum atomic E-state index is -0.625. The first-order valence-corrected chi connectivity index (χ1v) is 9.77. The summed E-state index contributed by atoms with van der Waals surface area (Å²) in [5.74, 6) is -1.09. The number of carbonyl (C=O) groups is 3. The number of hydrogen-bond acceptors (Lipinski definition) is 6. The number of likely N-dealkylation sites (N-methyl/N-ethyl adjacent to an activating group) is 1. The average molecular weight is 401 g/mol. The highest BCUT2D eigenvalue weighted by atomic mass is 32.2. The lowest BCUT2D eigenvalue weighted by atomic mass is 9.87. The molecule has 0 atom stereocenters. The molecule has 3 rings (SSSR count). The zero-order chi connectivity index (χ0) is 20.8. The minimum absolute atomic E-state index is 0.0818. The molecule has 0 N–H and O–H groups in total. The summed E-state index contributed by atoms with van der Waals surface area (Å²) in [6.07, 6.45) is 3.95. The van der Waals surface area contributed by atoms with Crippen LogP contribution >= 0.6 is 11.8 Å². The molecule has 2 aliphatic rings. The summed E-state index contributed by atoms with van der Waals surface area (Å²) >= 11 is 0.842. The molecule has 148 valence electrons. The summed E-state index contributed by atoms with van der Waals surface area (Å²) in [5.41, 5.74) is 5.22.